The molecule has 0 spiro atoms. The van der Waals surface area contributed by atoms with Crippen LogP contribution in [0.4, 0.5) is 17.6 Å². The fraction of sp³-hybridized carbons (Fsp3) is 1.00. The number of likely N-dealkylation sites (tertiary alicyclic amines) is 2. The summed E-state index contributed by atoms with van der Waals surface area (Å²) in [4.78, 5) is 4.24. The monoisotopic (exact) mass is 398 g/mol. The SMILES string of the molecule is CC.CC(C)N1CC(C)C(F)(F)C(C)C1.CC(C)N1CCC(F)(F)C(C)C1. The number of nitrogens with zero attached hydrogens (tertiary/aromatic N) is 2. The summed E-state index contributed by atoms with van der Waals surface area (Å²) < 4.78 is 52.8. The van der Waals surface area contributed by atoms with E-state index in [4.69, 9.17) is 0 Å². The number of piperidine rings is 2. The predicted molar refractivity (Wildman–Crippen MR) is 107 cm³/mol. The van der Waals surface area contributed by atoms with E-state index in [0.717, 1.165) is 0 Å². The highest BCUT2D eigenvalue weighted by Crippen LogP contribution is 2.38. The molecule has 0 aromatic heterocycles. The Morgan fingerprint density at radius 2 is 1.07 bits per heavy atom. The lowest BCUT2D eigenvalue weighted by molar-refractivity contribution is -0.143. The molecule has 0 N–H and O–H groups in total. The highest BCUT2D eigenvalue weighted by atomic mass is 19.3. The summed E-state index contributed by atoms with van der Waals surface area (Å²) in [6.45, 7) is 19.3. The number of rotatable bonds is 2. The van der Waals surface area contributed by atoms with Crippen molar-refractivity contribution in [1.82, 2.24) is 9.80 Å². The Hall–Kier alpha value is -0.360. The van der Waals surface area contributed by atoms with Gasteiger partial charge in [0, 0.05) is 62.4 Å². The molecule has 2 aliphatic heterocycles. The molecule has 0 bridgehead atoms. The van der Waals surface area contributed by atoms with E-state index >= 15 is 0 Å². The highest BCUT2D eigenvalue weighted by Gasteiger charge is 2.47. The number of hydrogen-bond donors (Lipinski definition) is 0. The van der Waals surface area contributed by atoms with Crippen LogP contribution in [-0.2, 0) is 0 Å². The van der Waals surface area contributed by atoms with E-state index in [0.29, 0.717) is 38.3 Å². The van der Waals surface area contributed by atoms with Crippen molar-refractivity contribution in [3.05, 3.63) is 0 Å². The number of alkyl halides is 4. The van der Waals surface area contributed by atoms with Gasteiger partial charge in [0.25, 0.3) is 11.8 Å². The van der Waals surface area contributed by atoms with E-state index in [1.165, 1.54) is 0 Å². The fourth-order valence-corrected chi connectivity index (χ4v) is 3.51. The third kappa shape index (κ3) is 7.52. The van der Waals surface area contributed by atoms with E-state index < -0.39 is 29.6 Å². The molecule has 3 unspecified atom stereocenters. The van der Waals surface area contributed by atoms with Crippen molar-refractivity contribution in [1.29, 1.82) is 0 Å². The van der Waals surface area contributed by atoms with Gasteiger partial charge in [-0.15, -0.1) is 0 Å². The summed E-state index contributed by atoms with van der Waals surface area (Å²) in [7, 11) is 0. The number of halogens is 4. The van der Waals surface area contributed by atoms with Gasteiger partial charge in [-0.3, -0.25) is 4.90 Å². The largest absolute Gasteiger partial charge is 0.300 e. The topological polar surface area (TPSA) is 6.48 Å². The molecule has 0 radical (unpaired) electrons. The van der Waals surface area contributed by atoms with Crippen molar-refractivity contribution in [2.45, 2.75) is 92.7 Å². The van der Waals surface area contributed by atoms with Crippen molar-refractivity contribution in [3.63, 3.8) is 0 Å². The summed E-state index contributed by atoms with van der Waals surface area (Å²) in [6, 6.07) is 0.768. The molecule has 3 atom stereocenters. The zero-order valence-electron chi connectivity index (χ0n) is 18.8. The molecule has 6 heteroatoms. The summed E-state index contributed by atoms with van der Waals surface area (Å²) in [5, 5.41) is 0. The van der Waals surface area contributed by atoms with Crippen LogP contribution < -0.4 is 0 Å². The smallest absolute Gasteiger partial charge is 0.255 e. The third-order valence-electron chi connectivity index (χ3n) is 5.75. The standard InChI is InChI=1S/C10H19F2N.C9H17F2N.C2H6/c1-7(2)13-5-8(3)10(11,12)9(4)6-13;1-7(2)12-5-4-9(10,11)8(3)6-12;1-2/h7-9H,5-6H2,1-4H3;7-8H,4-6H2,1-3H3;1-2H3. The summed E-state index contributed by atoms with van der Waals surface area (Å²) in [5.41, 5.74) is 0. The molecule has 164 valence electrons. The second-order valence-corrected chi connectivity index (χ2v) is 8.53. The van der Waals surface area contributed by atoms with Gasteiger partial charge in [-0.2, -0.15) is 0 Å². The van der Waals surface area contributed by atoms with Crippen LogP contribution in [0.5, 0.6) is 0 Å². The lowest BCUT2D eigenvalue weighted by Gasteiger charge is -2.42. The minimum absolute atomic E-state index is 0.0202. The first-order chi connectivity index (χ1) is 12.3. The molecule has 2 rings (SSSR count). The van der Waals surface area contributed by atoms with Gasteiger partial charge in [0.1, 0.15) is 0 Å². The van der Waals surface area contributed by atoms with Crippen LogP contribution in [0.1, 0.15) is 68.7 Å². The van der Waals surface area contributed by atoms with E-state index in [1.807, 2.05) is 13.8 Å². The summed E-state index contributed by atoms with van der Waals surface area (Å²) in [5.74, 6) is -6.44. The Bertz CT molecular complexity index is 399. The zero-order chi connectivity index (χ0) is 21.6. The van der Waals surface area contributed by atoms with E-state index in [1.54, 1.807) is 20.8 Å². The second-order valence-electron chi connectivity index (χ2n) is 8.53. The minimum atomic E-state index is -2.48. The normalized spacial score (nSPS) is 31.0. The number of hydrogen-bond acceptors (Lipinski definition) is 2. The van der Waals surface area contributed by atoms with Crippen LogP contribution in [0.2, 0.25) is 0 Å². The molecular weight excluding hydrogens is 356 g/mol. The molecule has 0 aromatic rings. The van der Waals surface area contributed by atoms with Crippen LogP contribution in [0, 0.1) is 17.8 Å². The predicted octanol–water partition coefficient (Wildman–Crippen LogP) is 6.02. The lowest BCUT2D eigenvalue weighted by atomic mass is 9.86. The maximum absolute atomic E-state index is 13.4. The van der Waals surface area contributed by atoms with Crippen molar-refractivity contribution < 1.29 is 17.6 Å². The molecule has 0 aromatic carbocycles. The van der Waals surface area contributed by atoms with Gasteiger partial charge in [-0.1, -0.05) is 34.6 Å². The van der Waals surface area contributed by atoms with Gasteiger partial charge in [0.15, 0.2) is 0 Å². The molecule has 2 heterocycles. The lowest BCUT2D eigenvalue weighted by Crippen LogP contribution is -2.53. The fourth-order valence-electron chi connectivity index (χ4n) is 3.51. The van der Waals surface area contributed by atoms with Crippen LogP contribution in [-0.4, -0.2) is 59.9 Å². The average molecular weight is 399 g/mol. The molecule has 2 aliphatic rings. The molecule has 27 heavy (non-hydrogen) atoms. The molecule has 2 nitrogen and oxygen atoms in total. The second kappa shape index (κ2) is 11.0. The first-order valence-electron chi connectivity index (χ1n) is 10.5. The Kier molecular flexibility index (Phi) is 10.8. The molecule has 2 saturated heterocycles. The molecule has 0 saturated carbocycles. The Morgan fingerprint density at radius 3 is 1.41 bits per heavy atom. The van der Waals surface area contributed by atoms with Crippen LogP contribution >= 0.6 is 0 Å². The van der Waals surface area contributed by atoms with Gasteiger partial charge in [-0.05, 0) is 27.7 Å². The summed E-state index contributed by atoms with van der Waals surface area (Å²) >= 11 is 0. The van der Waals surface area contributed by atoms with E-state index in [9.17, 15) is 17.6 Å². The Labute approximate surface area is 164 Å². The van der Waals surface area contributed by atoms with Gasteiger partial charge in [-0.25, -0.2) is 17.6 Å². The third-order valence-corrected chi connectivity index (χ3v) is 5.75. The minimum Gasteiger partial charge on any atom is -0.300 e. The molecular formula is C21H42F4N2. The maximum atomic E-state index is 13.4. The van der Waals surface area contributed by atoms with Gasteiger partial charge >= 0.3 is 0 Å². The Balaban J connectivity index is 0.000000460. The highest BCUT2D eigenvalue weighted by molar-refractivity contribution is 4.89. The first-order valence-corrected chi connectivity index (χ1v) is 10.5. The van der Waals surface area contributed by atoms with E-state index in [2.05, 4.69) is 37.5 Å². The molecule has 0 aliphatic carbocycles. The maximum Gasteiger partial charge on any atom is 0.255 e. The Morgan fingerprint density at radius 1 is 0.704 bits per heavy atom. The van der Waals surface area contributed by atoms with Crippen LogP contribution in [0.3, 0.4) is 0 Å². The van der Waals surface area contributed by atoms with Crippen molar-refractivity contribution in [3.8, 4) is 0 Å². The quantitative estimate of drug-likeness (QED) is 0.525. The van der Waals surface area contributed by atoms with Gasteiger partial charge < -0.3 is 4.90 Å². The van der Waals surface area contributed by atoms with Crippen molar-refractivity contribution >= 4 is 0 Å². The summed E-state index contributed by atoms with van der Waals surface area (Å²) in [6.07, 6.45) is 0.0202. The van der Waals surface area contributed by atoms with Crippen molar-refractivity contribution in [2.75, 3.05) is 26.2 Å². The van der Waals surface area contributed by atoms with Crippen molar-refractivity contribution in [2.24, 2.45) is 17.8 Å². The van der Waals surface area contributed by atoms with Gasteiger partial charge in [0.2, 0.25) is 0 Å². The first kappa shape index (κ1) is 26.6. The zero-order valence-corrected chi connectivity index (χ0v) is 18.8. The van der Waals surface area contributed by atoms with Gasteiger partial charge in [0.05, 0.1) is 0 Å². The van der Waals surface area contributed by atoms with Crippen LogP contribution in [0.25, 0.3) is 0 Å². The molecule has 0 amide bonds. The van der Waals surface area contributed by atoms with Crippen LogP contribution in [0.15, 0.2) is 0 Å². The molecule has 2 fully saturated rings. The average Bonchev–Trinajstić information content (AvgIpc) is 2.57. The van der Waals surface area contributed by atoms with E-state index in [-0.39, 0.29) is 6.42 Å².